The number of hydrogen-bond donors (Lipinski definition) is 0. The van der Waals surface area contributed by atoms with Crippen LogP contribution in [0.3, 0.4) is 0 Å². The molecule has 0 heterocycles. The fourth-order valence-corrected chi connectivity index (χ4v) is 0. The predicted molar refractivity (Wildman–Crippen MR) is 27.9 cm³/mol. The molecule has 0 aliphatic carbocycles. The Kier molecular flexibility index (Phi) is 151. The summed E-state index contributed by atoms with van der Waals surface area (Å²) in [5, 5.41) is 0. The van der Waals surface area contributed by atoms with Gasteiger partial charge in [-0.2, -0.15) is 0 Å². The van der Waals surface area contributed by atoms with Gasteiger partial charge in [-0.05, 0) is 0 Å². The molecule has 4 heteroatoms. The summed E-state index contributed by atoms with van der Waals surface area (Å²) in [5.41, 5.74) is 0. The second-order valence-corrected chi connectivity index (χ2v) is 0. The molecular weight excluding hydrogens is 142 g/mol. The Morgan fingerprint density at radius 1 is 1.00 bits per heavy atom. The van der Waals surface area contributed by atoms with E-state index in [0.29, 0.717) is 0 Å². The van der Waals surface area contributed by atoms with Crippen LogP contribution in [-0.2, 0) is 17.1 Å². The fraction of sp³-hybridized carbons (Fsp3) is 0. The average molecular weight is 150 g/mol. The van der Waals surface area contributed by atoms with Gasteiger partial charge in [0.05, 0.1) is 0 Å². The van der Waals surface area contributed by atoms with Crippen molar-refractivity contribution in [2.24, 2.45) is 0 Å². The molecule has 27 valence electrons. The molecule has 0 N–H and O–H groups in total. The van der Waals surface area contributed by atoms with Gasteiger partial charge >= 0.3 is 23.1 Å². The first-order chi connectivity index (χ1) is 0. The number of hydrogen-bond acceptors (Lipinski definition) is 0. The van der Waals surface area contributed by atoms with Gasteiger partial charge in [0.1, 0.15) is 0 Å². The third-order valence-electron chi connectivity index (χ3n) is 0. The average Bonchev–Trinajstić information content (AvgIpc) is 0. The summed E-state index contributed by atoms with van der Waals surface area (Å²) in [5.74, 6) is 0. The van der Waals surface area contributed by atoms with Gasteiger partial charge in [0, 0.05) is 17.1 Å². The van der Waals surface area contributed by atoms with Crippen LogP contribution in [0.5, 0.6) is 0 Å². The summed E-state index contributed by atoms with van der Waals surface area (Å²) < 4.78 is 0. The van der Waals surface area contributed by atoms with Crippen molar-refractivity contribution >= 4 is 57.8 Å². The largest absolute Gasteiger partial charge is 2.00 e. The van der Waals surface area contributed by atoms with Crippen molar-refractivity contribution in [2.75, 3.05) is 0 Å². The Morgan fingerprint density at radius 2 is 1.00 bits per heavy atom. The Morgan fingerprint density at radius 3 is 1.00 bits per heavy atom. The van der Waals surface area contributed by atoms with Gasteiger partial charge in [0.2, 0.25) is 0 Å². The van der Waals surface area contributed by atoms with Crippen molar-refractivity contribution in [1.82, 2.24) is 0 Å². The fourth-order valence-electron chi connectivity index (χ4n) is 0. The second-order valence-electron chi connectivity index (χ2n) is 0. The second kappa shape index (κ2) is 18.3. The molecule has 0 saturated carbocycles. The van der Waals surface area contributed by atoms with Crippen LogP contribution in [0.15, 0.2) is 0 Å². The van der Waals surface area contributed by atoms with Gasteiger partial charge in [-0.15, -0.1) is 0 Å². The summed E-state index contributed by atoms with van der Waals surface area (Å²) in [7, 11) is 0. The van der Waals surface area contributed by atoms with Crippen LogP contribution in [0, 0.1) is 0 Å². The van der Waals surface area contributed by atoms with Gasteiger partial charge in [0.15, 0.2) is 34.7 Å². The van der Waals surface area contributed by atoms with Crippen molar-refractivity contribution in [3.8, 4) is 0 Å². The van der Waals surface area contributed by atoms with Crippen LogP contribution >= 0.6 is 0 Å². The van der Waals surface area contributed by atoms with E-state index in [4.69, 9.17) is 0 Å². The van der Waals surface area contributed by atoms with Crippen LogP contribution in [0.1, 0.15) is 2.85 Å². The van der Waals surface area contributed by atoms with Crippen molar-refractivity contribution in [3.05, 3.63) is 0 Å². The van der Waals surface area contributed by atoms with Crippen molar-refractivity contribution in [2.45, 2.75) is 0 Å². The quantitative estimate of drug-likeness (QED) is 0.334. The van der Waals surface area contributed by atoms with Crippen molar-refractivity contribution < 1.29 is 19.9 Å². The molecule has 0 saturated heterocycles. The first-order valence-corrected chi connectivity index (χ1v) is 0. The van der Waals surface area contributed by atoms with Crippen LogP contribution < -0.4 is 0 Å². The molecule has 0 unspecified atom stereocenters. The Hall–Kier alpha value is 2.35. The predicted octanol–water partition coefficient (Wildman–Crippen LogP) is -2.53. The minimum absolute atomic E-state index is 0. The molecule has 0 aromatic carbocycles. The molecule has 4 heavy (non-hydrogen) atoms. The van der Waals surface area contributed by atoms with Gasteiger partial charge in [-0.1, -0.05) is 0 Å². The third kappa shape index (κ3) is 8.84. The molecule has 1 radical (unpaired) electrons. The van der Waals surface area contributed by atoms with E-state index >= 15 is 0 Å². The van der Waals surface area contributed by atoms with E-state index in [0.717, 1.165) is 0 Å². The van der Waals surface area contributed by atoms with Crippen LogP contribution in [0.4, 0.5) is 0 Å². The zero-order valence-corrected chi connectivity index (χ0v) is 3.36. The normalized spacial score (nSPS) is 0. The minimum atomic E-state index is 0. The van der Waals surface area contributed by atoms with E-state index in [-0.39, 0.29) is 77.7 Å². The van der Waals surface area contributed by atoms with Gasteiger partial charge < -0.3 is 2.85 Å². The molecule has 0 aliphatic rings. The van der Waals surface area contributed by atoms with Crippen molar-refractivity contribution in [3.63, 3.8) is 0 Å². The first kappa shape index (κ1) is 32.9. The molecule has 0 aliphatic heterocycles. The Bertz CT molecular complexity index is 11.5. The molecule has 0 spiro atoms. The molecule has 0 bridgehead atoms. The van der Waals surface area contributed by atoms with E-state index in [1.54, 1.807) is 0 Å². The standard InChI is InChI=1S/2Al.Cu.Mg.8H/q;;;+2;;;;;;;2*-1. The topological polar surface area (TPSA) is 0 Å². The monoisotopic (exact) mass is 149 g/mol. The zero-order valence-electron chi connectivity index (χ0n) is 3.01. The molecule has 0 aromatic heterocycles. The maximum atomic E-state index is 0. The number of rotatable bonds is 0. The maximum Gasteiger partial charge on any atom is 2.00 e. The summed E-state index contributed by atoms with van der Waals surface area (Å²) >= 11 is 0. The van der Waals surface area contributed by atoms with E-state index in [1.165, 1.54) is 0 Å². The van der Waals surface area contributed by atoms with Gasteiger partial charge in [-0.25, -0.2) is 0 Å². The van der Waals surface area contributed by atoms with E-state index < -0.39 is 0 Å². The molecule has 0 atom stereocenters. The molecular formula is H8Al2CuMg. The molecule has 0 nitrogen and oxygen atoms in total. The van der Waals surface area contributed by atoms with Gasteiger partial charge in [-0.3, -0.25) is 0 Å². The molecule has 0 rings (SSSR count). The summed E-state index contributed by atoms with van der Waals surface area (Å²) in [4.78, 5) is 0. The summed E-state index contributed by atoms with van der Waals surface area (Å²) in [6, 6.07) is 0. The van der Waals surface area contributed by atoms with Gasteiger partial charge in [0.25, 0.3) is 0 Å². The third-order valence-corrected chi connectivity index (χ3v) is 0. The van der Waals surface area contributed by atoms with Crippen molar-refractivity contribution in [1.29, 1.82) is 0 Å². The Balaban J connectivity index is 0. The maximum absolute atomic E-state index is 0. The van der Waals surface area contributed by atoms with E-state index in [1.807, 2.05) is 0 Å². The zero-order chi connectivity index (χ0) is 0. The Labute approximate surface area is 77.0 Å². The van der Waals surface area contributed by atoms with Crippen LogP contribution in [0.2, 0.25) is 0 Å². The summed E-state index contributed by atoms with van der Waals surface area (Å²) in [6.07, 6.45) is 0. The minimum Gasteiger partial charge on any atom is -1.00 e. The smallest absolute Gasteiger partial charge is 1.00 e. The van der Waals surface area contributed by atoms with Crippen LogP contribution in [-0.4, -0.2) is 57.8 Å². The summed E-state index contributed by atoms with van der Waals surface area (Å²) in [6.45, 7) is 0. The van der Waals surface area contributed by atoms with E-state index in [2.05, 4.69) is 0 Å². The molecule has 0 amide bonds. The SMILES string of the molecule is [AlH3].[AlH3].[Cu].[H-].[H-].[Mg+2]. The van der Waals surface area contributed by atoms with E-state index in [9.17, 15) is 0 Å². The molecule has 0 fully saturated rings. The van der Waals surface area contributed by atoms with Crippen LogP contribution in [0.25, 0.3) is 0 Å². The first-order valence-electron chi connectivity index (χ1n) is 0. The molecule has 0 aromatic rings.